The van der Waals surface area contributed by atoms with E-state index in [1.807, 2.05) is 23.6 Å². The van der Waals surface area contributed by atoms with Crippen LogP contribution in [0.1, 0.15) is 0 Å². The lowest BCUT2D eigenvalue weighted by molar-refractivity contribution is 1.18. The highest BCUT2D eigenvalue weighted by atomic mass is 32.1. The fourth-order valence-electron chi connectivity index (χ4n) is 7.22. The number of aromatic nitrogens is 3. The molecule has 0 aliphatic heterocycles. The van der Waals surface area contributed by atoms with Crippen LogP contribution in [0, 0.1) is 0 Å². The van der Waals surface area contributed by atoms with Crippen molar-refractivity contribution < 1.29 is 0 Å². The Hall–Kier alpha value is -6.49. The Morgan fingerprint density at radius 1 is 0.373 bits per heavy atom. The summed E-state index contributed by atoms with van der Waals surface area (Å²) in [5, 5.41) is 7.56. The third-order valence-corrected chi connectivity index (χ3v) is 10.9. The van der Waals surface area contributed by atoms with Gasteiger partial charge in [0.05, 0.1) is 11.4 Å². The first-order chi connectivity index (χ1) is 25.2. The van der Waals surface area contributed by atoms with Crippen LogP contribution >= 0.6 is 11.3 Å². The molecule has 4 heteroatoms. The summed E-state index contributed by atoms with van der Waals surface area (Å²) in [6, 6.07) is 58.4. The van der Waals surface area contributed by atoms with Crippen LogP contribution in [0.15, 0.2) is 176 Å². The van der Waals surface area contributed by atoms with Crippen molar-refractivity contribution in [3.8, 4) is 56.2 Å². The number of hydrogen-bond donors (Lipinski definition) is 0. The second-order valence-electron chi connectivity index (χ2n) is 12.9. The zero-order valence-corrected chi connectivity index (χ0v) is 28.3. The first kappa shape index (κ1) is 29.4. The molecule has 3 heterocycles. The minimum absolute atomic E-state index is 0.695. The van der Waals surface area contributed by atoms with Gasteiger partial charge in [-0.15, -0.1) is 11.3 Å². The molecule has 0 fully saturated rings. The number of pyridine rings is 1. The van der Waals surface area contributed by atoms with Crippen LogP contribution in [0.25, 0.3) is 97.9 Å². The lowest BCUT2D eigenvalue weighted by Gasteiger charge is -2.13. The van der Waals surface area contributed by atoms with E-state index in [1.54, 1.807) is 6.20 Å². The normalized spacial score (nSPS) is 11.5. The van der Waals surface area contributed by atoms with Gasteiger partial charge in [-0.2, -0.15) is 0 Å². The second kappa shape index (κ2) is 12.1. The molecular weight excluding hydrogens is 639 g/mol. The van der Waals surface area contributed by atoms with E-state index in [0.717, 1.165) is 39.2 Å². The maximum atomic E-state index is 5.18. The Kier molecular flexibility index (Phi) is 7.00. The third kappa shape index (κ3) is 5.25. The highest BCUT2D eigenvalue weighted by Crippen LogP contribution is 2.38. The van der Waals surface area contributed by atoms with E-state index in [-0.39, 0.29) is 0 Å². The van der Waals surface area contributed by atoms with E-state index < -0.39 is 0 Å². The molecular formula is C47H29N3S. The van der Waals surface area contributed by atoms with Crippen molar-refractivity contribution in [3.63, 3.8) is 0 Å². The topological polar surface area (TPSA) is 38.7 Å². The fraction of sp³-hybridized carbons (Fsp3) is 0. The number of thiophene rings is 1. The maximum Gasteiger partial charge on any atom is 0.160 e. The van der Waals surface area contributed by atoms with Crippen molar-refractivity contribution in [1.82, 2.24) is 15.0 Å². The smallest absolute Gasteiger partial charge is 0.160 e. The summed E-state index contributed by atoms with van der Waals surface area (Å²) < 4.78 is 2.57. The summed E-state index contributed by atoms with van der Waals surface area (Å²) in [6.45, 7) is 0. The third-order valence-electron chi connectivity index (χ3n) is 9.80. The number of hydrogen-bond acceptors (Lipinski definition) is 4. The molecule has 0 saturated carbocycles. The van der Waals surface area contributed by atoms with Crippen molar-refractivity contribution in [2.24, 2.45) is 0 Å². The molecule has 0 N–H and O–H groups in total. The Morgan fingerprint density at radius 2 is 1.00 bits per heavy atom. The van der Waals surface area contributed by atoms with Gasteiger partial charge < -0.3 is 0 Å². The molecule has 0 atom stereocenters. The Bertz CT molecular complexity index is 2890. The van der Waals surface area contributed by atoms with Crippen LogP contribution in [0.4, 0.5) is 0 Å². The summed E-state index contributed by atoms with van der Waals surface area (Å²) in [5.41, 5.74) is 9.45. The van der Waals surface area contributed by atoms with Crippen molar-refractivity contribution in [3.05, 3.63) is 176 Å². The molecule has 0 amide bonds. The van der Waals surface area contributed by atoms with Crippen molar-refractivity contribution in [1.29, 1.82) is 0 Å². The van der Waals surface area contributed by atoms with E-state index in [2.05, 4.69) is 163 Å². The molecule has 10 rings (SSSR count). The average molecular weight is 668 g/mol. The van der Waals surface area contributed by atoms with Gasteiger partial charge in [0.1, 0.15) is 0 Å². The van der Waals surface area contributed by atoms with E-state index >= 15 is 0 Å². The predicted molar refractivity (Wildman–Crippen MR) is 215 cm³/mol. The number of fused-ring (bicyclic) bond motifs is 6. The van der Waals surface area contributed by atoms with E-state index in [9.17, 15) is 0 Å². The maximum absolute atomic E-state index is 5.18. The monoisotopic (exact) mass is 667 g/mol. The molecule has 0 saturated heterocycles. The van der Waals surface area contributed by atoms with Gasteiger partial charge in [0.2, 0.25) is 0 Å². The van der Waals surface area contributed by atoms with Gasteiger partial charge in [0.25, 0.3) is 0 Å². The van der Waals surface area contributed by atoms with Crippen LogP contribution in [0.5, 0.6) is 0 Å². The van der Waals surface area contributed by atoms with Gasteiger partial charge in [-0.25, -0.2) is 9.97 Å². The molecule has 238 valence electrons. The summed E-state index contributed by atoms with van der Waals surface area (Å²) >= 11 is 1.83. The SMILES string of the molecule is c1cncc(-c2ccc(-c3nc(-c4ccc(-c5cc6ccccc6c6ccccc56)cc4)cc(-c4ccc5sc6ccccc6c5c4)n3)cc2)c1. The van der Waals surface area contributed by atoms with Crippen LogP contribution in [0.3, 0.4) is 0 Å². The molecule has 51 heavy (non-hydrogen) atoms. The van der Waals surface area contributed by atoms with Gasteiger partial charge in [-0.3, -0.25) is 4.98 Å². The van der Waals surface area contributed by atoms with Crippen LogP contribution in [-0.2, 0) is 0 Å². The van der Waals surface area contributed by atoms with Crippen molar-refractivity contribution in [2.75, 3.05) is 0 Å². The van der Waals surface area contributed by atoms with Crippen molar-refractivity contribution >= 4 is 53.1 Å². The minimum Gasteiger partial charge on any atom is -0.264 e. The highest BCUT2D eigenvalue weighted by molar-refractivity contribution is 7.25. The quantitative estimate of drug-likeness (QED) is 0.171. The van der Waals surface area contributed by atoms with Gasteiger partial charge >= 0.3 is 0 Å². The Balaban J connectivity index is 1.10. The van der Waals surface area contributed by atoms with Gasteiger partial charge in [-0.1, -0.05) is 127 Å². The standard InChI is InChI=1S/C47H29N3S/c1-2-10-37-34(8-1)26-41(39-12-4-3-11-38(37)39)31-17-19-32(20-18-31)43-28-44(35-23-24-46-42(27-35)40-13-5-6-14-45(40)51-46)50-47(49-43)33-21-15-30(16-22-33)36-9-7-25-48-29-36/h1-29H. The molecule has 7 aromatic carbocycles. The summed E-state index contributed by atoms with van der Waals surface area (Å²) in [4.78, 5) is 14.7. The fourth-order valence-corrected chi connectivity index (χ4v) is 8.30. The van der Waals surface area contributed by atoms with Gasteiger partial charge in [0, 0.05) is 49.3 Å². The molecule has 0 radical (unpaired) electrons. The Morgan fingerprint density at radius 3 is 1.80 bits per heavy atom. The van der Waals surface area contributed by atoms with Gasteiger partial charge in [-0.05, 0) is 80.2 Å². The lowest BCUT2D eigenvalue weighted by atomic mass is 9.93. The molecule has 0 bridgehead atoms. The minimum atomic E-state index is 0.695. The number of benzene rings is 7. The molecule has 0 unspecified atom stereocenters. The highest BCUT2D eigenvalue weighted by Gasteiger charge is 2.14. The molecule has 10 aromatic rings. The largest absolute Gasteiger partial charge is 0.264 e. The summed E-state index contributed by atoms with van der Waals surface area (Å²) in [6.07, 6.45) is 3.68. The molecule has 3 aromatic heterocycles. The summed E-state index contributed by atoms with van der Waals surface area (Å²) in [5.74, 6) is 0.695. The molecule has 0 aliphatic rings. The van der Waals surface area contributed by atoms with E-state index in [1.165, 1.54) is 52.8 Å². The lowest BCUT2D eigenvalue weighted by Crippen LogP contribution is -1.96. The summed E-state index contributed by atoms with van der Waals surface area (Å²) in [7, 11) is 0. The van der Waals surface area contributed by atoms with E-state index in [4.69, 9.17) is 9.97 Å². The second-order valence-corrected chi connectivity index (χ2v) is 13.9. The zero-order chi connectivity index (χ0) is 33.7. The number of rotatable bonds is 5. The van der Waals surface area contributed by atoms with E-state index in [0.29, 0.717) is 5.82 Å². The average Bonchev–Trinajstić information content (AvgIpc) is 3.59. The molecule has 3 nitrogen and oxygen atoms in total. The first-order valence-electron chi connectivity index (χ1n) is 17.1. The first-order valence-corrected chi connectivity index (χ1v) is 17.9. The van der Waals surface area contributed by atoms with Crippen LogP contribution in [-0.4, -0.2) is 15.0 Å². The molecule has 0 spiro atoms. The predicted octanol–water partition coefficient (Wildman–Crippen LogP) is 12.9. The number of nitrogens with zero attached hydrogens (tertiary/aromatic N) is 3. The zero-order valence-electron chi connectivity index (χ0n) is 27.5. The Labute approximate surface area is 299 Å². The van der Waals surface area contributed by atoms with Crippen molar-refractivity contribution in [2.45, 2.75) is 0 Å². The molecule has 0 aliphatic carbocycles. The van der Waals surface area contributed by atoms with Crippen LogP contribution < -0.4 is 0 Å². The van der Waals surface area contributed by atoms with Gasteiger partial charge in [0.15, 0.2) is 5.82 Å². The van der Waals surface area contributed by atoms with Crippen LogP contribution in [0.2, 0.25) is 0 Å².